The highest BCUT2D eigenvalue weighted by molar-refractivity contribution is 5.92. The summed E-state index contributed by atoms with van der Waals surface area (Å²) in [7, 11) is 1.18. The number of urea groups is 1. The highest BCUT2D eigenvalue weighted by atomic mass is 19.1. The third-order valence-electron chi connectivity index (χ3n) is 3.79. The predicted molar refractivity (Wildman–Crippen MR) is 85.1 cm³/mol. The second kappa shape index (κ2) is 8.47. The van der Waals surface area contributed by atoms with E-state index in [1.54, 1.807) is 0 Å². The van der Waals surface area contributed by atoms with Crippen molar-refractivity contribution in [2.24, 2.45) is 0 Å². The number of methoxy groups -OCH3 is 1. The normalized spacial score (nSPS) is 15.0. The van der Waals surface area contributed by atoms with Crippen molar-refractivity contribution >= 4 is 17.7 Å². The van der Waals surface area contributed by atoms with E-state index in [1.165, 1.54) is 38.5 Å². The third-order valence-corrected chi connectivity index (χ3v) is 3.79. The summed E-state index contributed by atoms with van der Waals surface area (Å²) in [5, 5.41) is 5.28. The molecule has 0 aromatic heterocycles. The van der Waals surface area contributed by atoms with Crippen LogP contribution in [0.15, 0.2) is 18.2 Å². The molecule has 7 heteroatoms. The number of benzene rings is 1. The molecule has 0 unspecified atom stereocenters. The smallest absolute Gasteiger partial charge is 0.340 e. The first-order valence-corrected chi connectivity index (χ1v) is 7.75. The lowest BCUT2D eigenvalue weighted by molar-refractivity contribution is 0.0595. The Morgan fingerprint density at radius 1 is 1.26 bits per heavy atom. The van der Waals surface area contributed by atoms with Crippen molar-refractivity contribution in [3.8, 4) is 0 Å². The summed E-state index contributed by atoms with van der Waals surface area (Å²) in [4.78, 5) is 25.4. The summed E-state index contributed by atoms with van der Waals surface area (Å²) in [5.74, 6) is -1.48. The van der Waals surface area contributed by atoms with E-state index in [0.29, 0.717) is 6.54 Å². The Morgan fingerprint density at radius 3 is 2.65 bits per heavy atom. The monoisotopic (exact) mass is 323 g/mol. The van der Waals surface area contributed by atoms with Gasteiger partial charge in [0.15, 0.2) is 0 Å². The summed E-state index contributed by atoms with van der Waals surface area (Å²) in [6.07, 6.45) is 3.69. The van der Waals surface area contributed by atoms with Gasteiger partial charge in [-0.15, -0.1) is 0 Å². The molecule has 2 rings (SSSR count). The van der Waals surface area contributed by atoms with Crippen LogP contribution in [0.5, 0.6) is 0 Å². The Hall–Kier alpha value is -2.15. The average Bonchev–Trinajstić information content (AvgIpc) is 2.55. The lowest BCUT2D eigenvalue weighted by Crippen LogP contribution is -2.39. The molecule has 1 aliphatic rings. The first-order valence-electron chi connectivity index (χ1n) is 7.75. The molecule has 0 spiro atoms. The molecular formula is C16H22FN3O3. The van der Waals surface area contributed by atoms with E-state index in [0.717, 1.165) is 25.7 Å². The number of esters is 1. The molecule has 23 heavy (non-hydrogen) atoms. The maximum Gasteiger partial charge on any atom is 0.340 e. The van der Waals surface area contributed by atoms with Crippen molar-refractivity contribution < 1.29 is 18.7 Å². The van der Waals surface area contributed by atoms with Crippen molar-refractivity contribution in [2.45, 2.75) is 19.3 Å². The first-order chi connectivity index (χ1) is 11.1. The van der Waals surface area contributed by atoms with Gasteiger partial charge < -0.3 is 20.3 Å². The van der Waals surface area contributed by atoms with Gasteiger partial charge in [0.05, 0.1) is 12.7 Å². The molecule has 126 valence electrons. The second-order valence-electron chi connectivity index (χ2n) is 5.47. The highest BCUT2D eigenvalue weighted by Crippen LogP contribution is 2.15. The number of amides is 2. The topological polar surface area (TPSA) is 70.7 Å². The van der Waals surface area contributed by atoms with Crippen LogP contribution >= 0.6 is 0 Å². The Balaban J connectivity index is 1.78. The standard InChI is InChI=1S/C16H22FN3O3/c1-23-15(21)13-6-5-12(11-14(13)17)19-16(22)18-7-10-20-8-3-2-4-9-20/h5-6,11H,2-4,7-10H2,1H3,(H2,18,19,22). The Labute approximate surface area is 135 Å². The van der Waals surface area contributed by atoms with E-state index in [1.807, 2.05) is 0 Å². The van der Waals surface area contributed by atoms with Crippen molar-refractivity contribution in [1.29, 1.82) is 0 Å². The number of ether oxygens (including phenoxy) is 1. The van der Waals surface area contributed by atoms with Crippen LogP contribution in [0, 0.1) is 5.82 Å². The molecule has 0 saturated carbocycles. The number of likely N-dealkylation sites (tertiary alicyclic amines) is 1. The van der Waals surface area contributed by atoms with Crippen LogP contribution in [-0.4, -0.2) is 50.2 Å². The van der Waals surface area contributed by atoms with Gasteiger partial charge in [0, 0.05) is 18.8 Å². The van der Waals surface area contributed by atoms with Gasteiger partial charge in [0.25, 0.3) is 0 Å². The molecule has 0 bridgehead atoms. The average molecular weight is 323 g/mol. The van der Waals surface area contributed by atoms with Gasteiger partial charge in [0.1, 0.15) is 5.82 Å². The van der Waals surface area contributed by atoms with Gasteiger partial charge in [-0.05, 0) is 44.1 Å². The number of carbonyl (C=O) groups excluding carboxylic acids is 2. The lowest BCUT2D eigenvalue weighted by Gasteiger charge is -2.26. The van der Waals surface area contributed by atoms with Gasteiger partial charge in [-0.1, -0.05) is 6.42 Å². The summed E-state index contributed by atoms with van der Waals surface area (Å²) in [6, 6.07) is 3.44. The maximum absolute atomic E-state index is 13.8. The molecule has 0 atom stereocenters. The van der Waals surface area contributed by atoms with E-state index in [2.05, 4.69) is 20.3 Å². The van der Waals surface area contributed by atoms with E-state index in [9.17, 15) is 14.0 Å². The zero-order valence-electron chi connectivity index (χ0n) is 13.2. The number of nitrogens with one attached hydrogen (secondary N) is 2. The maximum atomic E-state index is 13.8. The van der Waals surface area contributed by atoms with Crippen LogP contribution < -0.4 is 10.6 Å². The molecule has 1 aliphatic heterocycles. The molecule has 1 heterocycles. The van der Waals surface area contributed by atoms with Gasteiger partial charge in [-0.25, -0.2) is 14.0 Å². The minimum atomic E-state index is -0.750. The number of nitrogens with zero attached hydrogens (tertiary/aromatic N) is 1. The third kappa shape index (κ3) is 5.21. The molecular weight excluding hydrogens is 301 g/mol. The van der Waals surface area contributed by atoms with Crippen LogP contribution in [-0.2, 0) is 4.74 Å². The minimum Gasteiger partial charge on any atom is -0.465 e. The number of halogens is 1. The summed E-state index contributed by atoms with van der Waals surface area (Å²) < 4.78 is 18.2. The number of hydrogen-bond acceptors (Lipinski definition) is 4. The number of rotatable bonds is 5. The van der Waals surface area contributed by atoms with Crippen molar-refractivity contribution in [3.63, 3.8) is 0 Å². The van der Waals surface area contributed by atoms with Crippen molar-refractivity contribution in [3.05, 3.63) is 29.6 Å². The summed E-state index contributed by atoms with van der Waals surface area (Å²) >= 11 is 0. The van der Waals surface area contributed by atoms with Gasteiger partial charge >= 0.3 is 12.0 Å². The van der Waals surface area contributed by atoms with E-state index < -0.39 is 17.8 Å². The molecule has 1 aromatic carbocycles. The first kappa shape index (κ1) is 17.2. The van der Waals surface area contributed by atoms with E-state index in [-0.39, 0.29) is 11.3 Å². The zero-order valence-corrected chi connectivity index (χ0v) is 13.2. The zero-order chi connectivity index (χ0) is 16.7. The molecule has 1 aromatic rings. The minimum absolute atomic E-state index is 0.163. The quantitative estimate of drug-likeness (QED) is 0.815. The van der Waals surface area contributed by atoms with Crippen molar-refractivity contribution in [2.75, 3.05) is 38.6 Å². The van der Waals surface area contributed by atoms with Crippen LogP contribution in [0.25, 0.3) is 0 Å². The second-order valence-corrected chi connectivity index (χ2v) is 5.47. The fraction of sp³-hybridized carbons (Fsp3) is 0.500. The summed E-state index contributed by atoms with van der Waals surface area (Å²) in [5.41, 5.74) is 0.120. The fourth-order valence-corrected chi connectivity index (χ4v) is 2.55. The lowest BCUT2D eigenvalue weighted by atomic mass is 10.1. The van der Waals surface area contributed by atoms with Crippen LogP contribution in [0.2, 0.25) is 0 Å². The number of piperidine rings is 1. The molecule has 0 radical (unpaired) electrons. The van der Waals surface area contributed by atoms with Gasteiger partial charge in [-0.2, -0.15) is 0 Å². The SMILES string of the molecule is COC(=O)c1ccc(NC(=O)NCCN2CCCCC2)cc1F. The Bertz CT molecular complexity index is 560. The number of hydrogen-bond donors (Lipinski definition) is 2. The number of anilines is 1. The molecule has 1 saturated heterocycles. The van der Waals surface area contributed by atoms with E-state index >= 15 is 0 Å². The molecule has 0 aliphatic carbocycles. The Kier molecular flexibility index (Phi) is 6.34. The van der Waals surface area contributed by atoms with Crippen molar-refractivity contribution in [1.82, 2.24) is 10.2 Å². The predicted octanol–water partition coefficient (Wildman–Crippen LogP) is 2.22. The molecule has 2 amide bonds. The summed E-state index contributed by atoms with van der Waals surface area (Å²) in [6.45, 7) is 3.49. The molecule has 2 N–H and O–H groups in total. The van der Waals surface area contributed by atoms with E-state index in [4.69, 9.17) is 0 Å². The highest BCUT2D eigenvalue weighted by Gasteiger charge is 2.13. The molecule has 6 nitrogen and oxygen atoms in total. The number of carbonyl (C=O) groups is 2. The van der Waals surface area contributed by atoms with Crippen LogP contribution in [0.1, 0.15) is 29.6 Å². The van der Waals surface area contributed by atoms with Gasteiger partial charge in [-0.3, -0.25) is 0 Å². The fourth-order valence-electron chi connectivity index (χ4n) is 2.55. The van der Waals surface area contributed by atoms with Gasteiger partial charge in [0.2, 0.25) is 0 Å². The Morgan fingerprint density at radius 2 is 2.00 bits per heavy atom. The largest absolute Gasteiger partial charge is 0.465 e. The van der Waals surface area contributed by atoms with Crippen LogP contribution in [0.4, 0.5) is 14.9 Å². The molecule has 1 fully saturated rings. The van der Waals surface area contributed by atoms with Crippen LogP contribution in [0.3, 0.4) is 0 Å².